The van der Waals surface area contributed by atoms with Gasteiger partial charge in [-0.2, -0.15) is 0 Å². The summed E-state index contributed by atoms with van der Waals surface area (Å²) in [4.78, 5) is 10.7. The van der Waals surface area contributed by atoms with Gasteiger partial charge in [-0.05, 0) is 0 Å². The molecule has 58 valence electrons. The monoisotopic (exact) mass is 142 g/mol. The Morgan fingerprint density at radius 2 is 1.40 bits per heavy atom. The van der Waals surface area contributed by atoms with E-state index in [2.05, 4.69) is 0 Å². The molecule has 3 heteroatoms. The molecular formula is C7H14N2O. The average molecular weight is 142 g/mol. The molecule has 0 saturated heterocycles. The molecule has 0 aliphatic heterocycles. The predicted octanol–water partition coefficient (Wildman–Crippen LogP) is 0.750. The Morgan fingerprint density at radius 3 is 1.50 bits per heavy atom. The Bertz CT molecular complexity index is 211. The second kappa shape index (κ2) is 3.93. The molecule has 0 saturated carbocycles. The lowest BCUT2D eigenvalue weighted by Crippen LogP contribution is -2.18. The van der Waals surface area contributed by atoms with E-state index < -0.39 is 0 Å². The number of nitrogens with zero attached hydrogens (tertiary/aromatic N) is 2. The lowest BCUT2D eigenvalue weighted by molar-refractivity contribution is 0.775. The van der Waals surface area contributed by atoms with Crippen LogP contribution in [0.4, 0.5) is 0 Å². The summed E-state index contributed by atoms with van der Waals surface area (Å²) < 4.78 is 3.06. The number of hydrogen-bond acceptors (Lipinski definition) is 1. The van der Waals surface area contributed by atoms with E-state index in [9.17, 15) is 4.79 Å². The summed E-state index contributed by atoms with van der Waals surface area (Å²) in [6.07, 6.45) is 3.45. The minimum atomic E-state index is 0.0185. The van der Waals surface area contributed by atoms with Gasteiger partial charge in [-0.15, -0.1) is 0 Å². The van der Waals surface area contributed by atoms with Gasteiger partial charge in [0.05, 0.1) is 0 Å². The van der Waals surface area contributed by atoms with Gasteiger partial charge in [-0.1, -0.05) is 13.8 Å². The zero-order valence-electron chi connectivity index (χ0n) is 6.96. The smallest absolute Gasteiger partial charge is 0.302 e. The van der Waals surface area contributed by atoms with Gasteiger partial charge in [-0.25, -0.2) is 4.79 Å². The van der Waals surface area contributed by atoms with Crippen LogP contribution in [0.15, 0.2) is 17.2 Å². The van der Waals surface area contributed by atoms with Crippen LogP contribution < -0.4 is 5.69 Å². The van der Waals surface area contributed by atoms with Gasteiger partial charge in [0.2, 0.25) is 0 Å². The lowest BCUT2D eigenvalue weighted by atomic mass is 10.9. The van der Waals surface area contributed by atoms with Crippen molar-refractivity contribution in [3.05, 3.63) is 22.9 Å². The van der Waals surface area contributed by atoms with Gasteiger partial charge in [0.25, 0.3) is 0 Å². The molecule has 0 amide bonds. The van der Waals surface area contributed by atoms with E-state index in [-0.39, 0.29) is 5.69 Å². The molecule has 1 heterocycles. The van der Waals surface area contributed by atoms with Crippen molar-refractivity contribution in [1.82, 2.24) is 9.13 Å². The van der Waals surface area contributed by atoms with E-state index in [0.717, 1.165) is 0 Å². The molecule has 10 heavy (non-hydrogen) atoms. The van der Waals surface area contributed by atoms with Crippen molar-refractivity contribution >= 4 is 0 Å². The Morgan fingerprint density at radius 1 is 1.10 bits per heavy atom. The van der Waals surface area contributed by atoms with Crippen LogP contribution in [0.5, 0.6) is 0 Å². The highest BCUT2D eigenvalue weighted by atomic mass is 16.1. The van der Waals surface area contributed by atoms with Crippen LogP contribution in [0.1, 0.15) is 13.8 Å². The summed E-state index contributed by atoms with van der Waals surface area (Å²) in [7, 11) is 3.45. The largest absolute Gasteiger partial charge is 0.327 e. The van der Waals surface area contributed by atoms with Crippen molar-refractivity contribution in [3.8, 4) is 0 Å². The van der Waals surface area contributed by atoms with Gasteiger partial charge in [0.1, 0.15) is 0 Å². The van der Waals surface area contributed by atoms with E-state index in [1.165, 1.54) is 9.13 Å². The highest BCUT2D eigenvalue weighted by Gasteiger charge is 1.89. The zero-order chi connectivity index (χ0) is 8.15. The summed E-state index contributed by atoms with van der Waals surface area (Å²) in [5, 5.41) is 0. The average Bonchev–Trinajstić information content (AvgIpc) is 2.25. The van der Waals surface area contributed by atoms with Crippen LogP contribution in [0, 0.1) is 0 Å². The van der Waals surface area contributed by atoms with Gasteiger partial charge >= 0.3 is 5.69 Å². The third-order valence-electron chi connectivity index (χ3n) is 1.12. The number of hydrogen-bond donors (Lipinski definition) is 0. The van der Waals surface area contributed by atoms with Crippen LogP contribution >= 0.6 is 0 Å². The summed E-state index contributed by atoms with van der Waals surface area (Å²) in [6, 6.07) is 0. The molecule has 1 rings (SSSR count). The van der Waals surface area contributed by atoms with Crippen LogP contribution in [0.25, 0.3) is 0 Å². The molecule has 0 fully saturated rings. The van der Waals surface area contributed by atoms with Crippen molar-refractivity contribution in [2.75, 3.05) is 0 Å². The standard InChI is InChI=1S/C5H8N2O.C2H6/c1-6-3-4-7(2)5(6)8;1-2/h3-4H,1-2H3;1-2H3. The normalized spacial score (nSPS) is 8.40. The highest BCUT2D eigenvalue weighted by molar-refractivity contribution is 4.76. The van der Waals surface area contributed by atoms with E-state index in [4.69, 9.17) is 0 Å². The van der Waals surface area contributed by atoms with Crippen LogP contribution in [-0.4, -0.2) is 9.13 Å². The van der Waals surface area contributed by atoms with Gasteiger partial charge in [-0.3, -0.25) is 0 Å². The van der Waals surface area contributed by atoms with Crippen LogP contribution in [0.3, 0.4) is 0 Å². The molecule has 0 aliphatic rings. The van der Waals surface area contributed by atoms with Crippen molar-refractivity contribution in [1.29, 1.82) is 0 Å². The van der Waals surface area contributed by atoms with Crippen molar-refractivity contribution < 1.29 is 0 Å². The fourth-order valence-electron chi connectivity index (χ4n) is 0.576. The summed E-state index contributed by atoms with van der Waals surface area (Å²) >= 11 is 0. The summed E-state index contributed by atoms with van der Waals surface area (Å²) in [5.41, 5.74) is 0.0185. The quantitative estimate of drug-likeness (QED) is 0.525. The zero-order valence-corrected chi connectivity index (χ0v) is 6.96. The maximum absolute atomic E-state index is 10.7. The molecule has 0 bridgehead atoms. The Labute approximate surface area is 60.9 Å². The minimum absolute atomic E-state index is 0.0185. The Balaban J connectivity index is 0.000000371. The predicted molar refractivity (Wildman–Crippen MR) is 42.0 cm³/mol. The van der Waals surface area contributed by atoms with E-state index in [1.54, 1.807) is 26.5 Å². The van der Waals surface area contributed by atoms with Crippen molar-refractivity contribution in [2.24, 2.45) is 14.1 Å². The van der Waals surface area contributed by atoms with E-state index in [0.29, 0.717) is 0 Å². The molecule has 0 radical (unpaired) electrons. The first-order valence-corrected chi connectivity index (χ1v) is 3.40. The third kappa shape index (κ3) is 1.76. The molecule has 1 aromatic rings. The van der Waals surface area contributed by atoms with E-state index in [1.807, 2.05) is 13.8 Å². The molecule has 0 atom stereocenters. The molecule has 0 unspecified atom stereocenters. The fraction of sp³-hybridized carbons (Fsp3) is 0.571. The first-order chi connectivity index (χ1) is 4.72. The van der Waals surface area contributed by atoms with E-state index >= 15 is 0 Å². The molecule has 1 aromatic heterocycles. The van der Waals surface area contributed by atoms with Crippen LogP contribution in [-0.2, 0) is 14.1 Å². The van der Waals surface area contributed by atoms with Gasteiger partial charge in [0, 0.05) is 26.5 Å². The SMILES string of the molecule is CC.Cn1ccn(C)c1=O. The van der Waals surface area contributed by atoms with Gasteiger partial charge < -0.3 is 9.13 Å². The van der Waals surface area contributed by atoms with Gasteiger partial charge in [0.15, 0.2) is 0 Å². The highest BCUT2D eigenvalue weighted by Crippen LogP contribution is 1.72. The summed E-state index contributed by atoms with van der Waals surface area (Å²) in [6.45, 7) is 4.00. The maximum Gasteiger partial charge on any atom is 0.327 e. The first kappa shape index (κ1) is 9.01. The number of aryl methyl sites for hydroxylation is 2. The number of aromatic nitrogens is 2. The fourth-order valence-corrected chi connectivity index (χ4v) is 0.576. The second-order valence-corrected chi connectivity index (χ2v) is 1.80. The molecule has 0 aliphatic carbocycles. The molecule has 0 N–H and O–H groups in total. The maximum atomic E-state index is 10.7. The third-order valence-corrected chi connectivity index (χ3v) is 1.12. The topological polar surface area (TPSA) is 26.9 Å². The lowest BCUT2D eigenvalue weighted by Gasteiger charge is -1.82. The molecular weight excluding hydrogens is 128 g/mol. The minimum Gasteiger partial charge on any atom is -0.302 e. The first-order valence-electron chi connectivity index (χ1n) is 3.40. The molecule has 0 spiro atoms. The Kier molecular flexibility index (Phi) is 3.54. The molecule has 3 nitrogen and oxygen atoms in total. The second-order valence-electron chi connectivity index (χ2n) is 1.80. The van der Waals surface area contributed by atoms with Crippen molar-refractivity contribution in [3.63, 3.8) is 0 Å². The Hall–Kier alpha value is -0.990. The van der Waals surface area contributed by atoms with Crippen molar-refractivity contribution in [2.45, 2.75) is 13.8 Å². The number of imidazole rings is 1. The molecule has 0 aromatic carbocycles. The number of rotatable bonds is 0. The summed E-state index contributed by atoms with van der Waals surface area (Å²) in [5.74, 6) is 0. The van der Waals surface area contributed by atoms with Crippen LogP contribution in [0.2, 0.25) is 0 Å².